The Morgan fingerprint density at radius 2 is 2.00 bits per heavy atom. The molecule has 2 fully saturated rings. The van der Waals surface area contributed by atoms with Gasteiger partial charge in [-0.2, -0.15) is 11.8 Å². The Morgan fingerprint density at radius 3 is 2.63 bits per heavy atom. The van der Waals surface area contributed by atoms with Crippen molar-refractivity contribution >= 4 is 23.4 Å². The van der Waals surface area contributed by atoms with Crippen LogP contribution in [-0.4, -0.2) is 66.3 Å². The third-order valence-electron chi connectivity index (χ3n) is 5.38. The molecule has 2 saturated heterocycles. The van der Waals surface area contributed by atoms with E-state index in [0.29, 0.717) is 6.54 Å². The fraction of sp³-hybridized carbons (Fsp3) is 0.667. The van der Waals surface area contributed by atoms with E-state index in [9.17, 15) is 5.11 Å². The zero-order valence-electron chi connectivity index (χ0n) is 16.8. The molecule has 0 spiro atoms. The van der Waals surface area contributed by atoms with Crippen LogP contribution < -0.4 is 10.2 Å². The van der Waals surface area contributed by atoms with Crippen molar-refractivity contribution in [2.75, 3.05) is 49.6 Å². The molecular weight excluding hydrogens is 356 g/mol. The SMILES string of the molecule is CCNC(=NCC1(O)CCSC1)N(C)Cc1ccc(N2CCCCC2)cc1. The number of piperidine rings is 1. The quantitative estimate of drug-likeness (QED) is 0.578. The number of benzene rings is 1. The van der Waals surface area contributed by atoms with Crippen LogP contribution >= 0.6 is 11.8 Å². The highest BCUT2D eigenvalue weighted by atomic mass is 32.2. The van der Waals surface area contributed by atoms with Gasteiger partial charge in [0.2, 0.25) is 0 Å². The van der Waals surface area contributed by atoms with Crippen molar-refractivity contribution in [2.45, 2.75) is 44.8 Å². The lowest BCUT2D eigenvalue weighted by Crippen LogP contribution is -2.41. The Balaban J connectivity index is 1.59. The average Bonchev–Trinajstić information content (AvgIpc) is 3.13. The second-order valence-electron chi connectivity index (χ2n) is 7.77. The highest BCUT2D eigenvalue weighted by Gasteiger charge is 2.31. The summed E-state index contributed by atoms with van der Waals surface area (Å²) in [6, 6.07) is 8.95. The summed E-state index contributed by atoms with van der Waals surface area (Å²) < 4.78 is 0. The molecule has 2 aliphatic rings. The molecule has 150 valence electrons. The lowest BCUT2D eigenvalue weighted by molar-refractivity contribution is 0.0776. The summed E-state index contributed by atoms with van der Waals surface area (Å²) in [4.78, 5) is 9.35. The van der Waals surface area contributed by atoms with Crippen molar-refractivity contribution in [2.24, 2.45) is 4.99 Å². The predicted molar refractivity (Wildman–Crippen MR) is 117 cm³/mol. The molecule has 0 bridgehead atoms. The average molecular weight is 391 g/mol. The van der Waals surface area contributed by atoms with Gasteiger partial charge in [0.25, 0.3) is 0 Å². The molecule has 5 nitrogen and oxygen atoms in total. The zero-order chi connectivity index (χ0) is 19.1. The van der Waals surface area contributed by atoms with Crippen LogP contribution in [0.3, 0.4) is 0 Å². The Hall–Kier alpha value is -1.40. The second-order valence-corrected chi connectivity index (χ2v) is 8.87. The molecule has 0 aliphatic carbocycles. The third kappa shape index (κ3) is 5.79. The zero-order valence-corrected chi connectivity index (χ0v) is 17.6. The van der Waals surface area contributed by atoms with Crippen LogP contribution in [0.4, 0.5) is 5.69 Å². The number of guanidine groups is 1. The fourth-order valence-corrected chi connectivity index (χ4v) is 5.01. The van der Waals surface area contributed by atoms with E-state index in [-0.39, 0.29) is 0 Å². The Morgan fingerprint density at radius 1 is 1.26 bits per heavy atom. The molecule has 1 unspecified atom stereocenters. The summed E-state index contributed by atoms with van der Waals surface area (Å²) in [5.74, 6) is 2.68. The summed E-state index contributed by atoms with van der Waals surface area (Å²) in [6.07, 6.45) is 4.80. The van der Waals surface area contributed by atoms with Crippen molar-refractivity contribution in [3.05, 3.63) is 29.8 Å². The van der Waals surface area contributed by atoms with E-state index >= 15 is 0 Å². The smallest absolute Gasteiger partial charge is 0.194 e. The summed E-state index contributed by atoms with van der Waals surface area (Å²) in [5.41, 5.74) is 1.98. The van der Waals surface area contributed by atoms with Gasteiger partial charge in [0, 0.05) is 44.7 Å². The lowest BCUT2D eigenvalue weighted by atomic mass is 10.0. The maximum atomic E-state index is 10.6. The highest BCUT2D eigenvalue weighted by molar-refractivity contribution is 7.99. The van der Waals surface area contributed by atoms with Crippen molar-refractivity contribution in [3.8, 4) is 0 Å². The number of anilines is 1. The number of aliphatic imine (C=N–C) groups is 1. The number of thioether (sulfide) groups is 1. The molecule has 0 amide bonds. The first kappa shape index (κ1) is 20.3. The number of aliphatic hydroxyl groups is 1. The maximum Gasteiger partial charge on any atom is 0.194 e. The minimum Gasteiger partial charge on any atom is -0.387 e. The van der Waals surface area contributed by atoms with Crippen LogP contribution in [-0.2, 0) is 6.54 Å². The van der Waals surface area contributed by atoms with Crippen LogP contribution in [0.25, 0.3) is 0 Å². The van der Waals surface area contributed by atoms with Gasteiger partial charge in [-0.05, 0) is 56.1 Å². The molecule has 0 aromatic heterocycles. The van der Waals surface area contributed by atoms with Gasteiger partial charge in [0.15, 0.2) is 5.96 Å². The van der Waals surface area contributed by atoms with E-state index in [0.717, 1.165) is 37.0 Å². The Bertz CT molecular complexity index is 607. The van der Waals surface area contributed by atoms with E-state index < -0.39 is 5.60 Å². The van der Waals surface area contributed by atoms with E-state index in [1.165, 1.54) is 43.6 Å². The Kier molecular flexibility index (Phi) is 7.30. The van der Waals surface area contributed by atoms with E-state index in [1.54, 1.807) is 0 Å². The molecule has 27 heavy (non-hydrogen) atoms. The molecule has 2 heterocycles. The van der Waals surface area contributed by atoms with E-state index in [1.807, 2.05) is 11.8 Å². The van der Waals surface area contributed by atoms with Crippen LogP contribution in [0.2, 0.25) is 0 Å². The normalized spacial score (nSPS) is 23.5. The molecule has 1 aromatic carbocycles. The van der Waals surface area contributed by atoms with Gasteiger partial charge < -0.3 is 20.2 Å². The first-order valence-corrected chi connectivity index (χ1v) is 11.4. The van der Waals surface area contributed by atoms with Gasteiger partial charge >= 0.3 is 0 Å². The third-order valence-corrected chi connectivity index (χ3v) is 6.61. The van der Waals surface area contributed by atoms with Crippen LogP contribution in [0, 0.1) is 0 Å². The molecule has 6 heteroatoms. The van der Waals surface area contributed by atoms with Gasteiger partial charge in [0.1, 0.15) is 0 Å². The van der Waals surface area contributed by atoms with Gasteiger partial charge in [0.05, 0.1) is 12.1 Å². The summed E-state index contributed by atoms with van der Waals surface area (Å²) in [7, 11) is 2.06. The van der Waals surface area contributed by atoms with Crippen LogP contribution in [0.1, 0.15) is 38.2 Å². The van der Waals surface area contributed by atoms with Crippen molar-refractivity contribution < 1.29 is 5.11 Å². The topological polar surface area (TPSA) is 51.1 Å². The van der Waals surface area contributed by atoms with Crippen molar-refractivity contribution in [1.82, 2.24) is 10.2 Å². The van der Waals surface area contributed by atoms with Crippen molar-refractivity contribution in [1.29, 1.82) is 0 Å². The largest absolute Gasteiger partial charge is 0.387 e. The Labute approximate surface area is 168 Å². The van der Waals surface area contributed by atoms with Crippen LogP contribution in [0.5, 0.6) is 0 Å². The highest BCUT2D eigenvalue weighted by Crippen LogP contribution is 2.28. The van der Waals surface area contributed by atoms with Gasteiger partial charge in [-0.3, -0.25) is 4.99 Å². The van der Waals surface area contributed by atoms with Crippen LogP contribution in [0.15, 0.2) is 29.3 Å². The maximum absolute atomic E-state index is 10.6. The van der Waals surface area contributed by atoms with Crippen molar-refractivity contribution in [3.63, 3.8) is 0 Å². The molecule has 0 radical (unpaired) electrons. The number of rotatable bonds is 6. The number of hydrogen-bond acceptors (Lipinski definition) is 4. The summed E-state index contributed by atoms with van der Waals surface area (Å²) in [6.45, 7) is 6.54. The minimum atomic E-state index is -0.637. The molecular formula is C21H34N4OS. The number of hydrogen-bond donors (Lipinski definition) is 2. The first-order valence-electron chi connectivity index (χ1n) is 10.2. The van der Waals surface area contributed by atoms with Gasteiger partial charge in [-0.25, -0.2) is 0 Å². The summed E-state index contributed by atoms with van der Waals surface area (Å²) >= 11 is 1.81. The second kappa shape index (κ2) is 9.69. The molecule has 3 rings (SSSR count). The molecule has 2 N–H and O–H groups in total. The number of nitrogens with one attached hydrogen (secondary N) is 1. The van der Waals surface area contributed by atoms with E-state index in [4.69, 9.17) is 4.99 Å². The number of nitrogens with zero attached hydrogens (tertiary/aromatic N) is 3. The van der Waals surface area contributed by atoms with Gasteiger partial charge in [-0.15, -0.1) is 0 Å². The molecule has 2 aliphatic heterocycles. The molecule has 1 aromatic rings. The molecule has 0 saturated carbocycles. The van der Waals surface area contributed by atoms with Gasteiger partial charge in [-0.1, -0.05) is 12.1 Å². The summed E-state index contributed by atoms with van der Waals surface area (Å²) in [5, 5.41) is 13.9. The molecule has 1 atom stereocenters. The fourth-order valence-electron chi connectivity index (χ4n) is 3.73. The lowest BCUT2D eigenvalue weighted by Gasteiger charge is -2.29. The minimum absolute atomic E-state index is 0.473. The predicted octanol–water partition coefficient (Wildman–Crippen LogP) is 2.94. The van der Waals surface area contributed by atoms with E-state index in [2.05, 4.69) is 53.4 Å². The monoisotopic (exact) mass is 390 g/mol. The first-order chi connectivity index (χ1) is 13.1. The standard InChI is InChI=1S/C21H34N4OS/c1-3-22-20(23-16-21(26)11-14-27-17-21)24(2)15-18-7-9-19(10-8-18)25-12-5-4-6-13-25/h7-10,26H,3-6,11-17H2,1-2H3,(H,22,23).